The van der Waals surface area contributed by atoms with Gasteiger partial charge >= 0.3 is 0 Å². The quantitative estimate of drug-likeness (QED) is 0.165. The molecule has 0 N–H and O–H groups in total. The van der Waals surface area contributed by atoms with Crippen LogP contribution in [0.15, 0.2) is 382 Å². The summed E-state index contributed by atoms with van der Waals surface area (Å²) >= 11 is 0. The lowest BCUT2D eigenvalue weighted by Gasteiger charge is -2.19. The van der Waals surface area contributed by atoms with Crippen LogP contribution in [-0.4, -0.2) is 24.7 Å². The summed E-state index contributed by atoms with van der Waals surface area (Å²) in [6, 6.07) is 130. The van der Waals surface area contributed by atoms with E-state index in [1.165, 1.54) is 121 Å². The second-order valence-electron chi connectivity index (χ2n) is 27.4. The number of fused-ring (bicyclic) bond motifs is 27. The number of aromatic nitrogens is 1. The molecule has 482 valence electrons. The molecule has 5 nitrogen and oxygen atoms in total. The average molecular weight is 1320 g/mol. The van der Waals surface area contributed by atoms with Gasteiger partial charge in [-0.3, -0.25) is 0 Å². The van der Waals surface area contributed by atoms with Crippen molar-refractivity contribution in [3.8, 4) is 73.0 Å². The molecule has 3 aliphatic heterocycles. The number of furan rings is 4. The van der Waals surface area contributed by atoms with Crippen molar-refractivity contribution < 1.29 is 17.7 Å². The van der Waals surface area contributed by atoms with Crippen LogP contribution in [0.25, 0.3) is 150 Å². The number of hydrogen-bond donors (Lipinski definition) is 0. The van der Waals surface area contributed by atoms with Gasteiger partial charge in [0.15, 0.2) is 0 Å². The Morgan fingerprint density at radius 1 is 0.192 bits per heavy atom. The van der Waals surface area contributed by atoms with E-state index in [9.17, 15) is 0 Å². The molecule has 8 heterocycles. The summed E-state index contributed by atoms with van der Waals surface area (Å²) in [4.78, 5) is 0. The third-order valence-electron chi connectivity index (χ3n) is 21.9. The highest BCUT2D eigenvalue weighted by Gasteiger charge is 2.38. The number of nitrogens with zero attached hydrogens (tertiary/aromatic N) is 1. The standard InChI is InChI=1S/C38H24BNO.C32H19BO2.C26H17BO/c1-6-16-32-29(13-1)37-31-15-5-10-20-36(31)41-38(37)30-14-2-7-17-33(30)39(32)25-21-23-26(24-22-25)40-34-18-8-3-11-27(34)28-12-4-9-19-35(28)40;1-5-15-25-22(11-1)30-24-13-4-8-19-29(24)35-32(30)23-12-2-6-16-26(23)33(25)27-17-9-14-21-20-10-3-7-18-28(20)34-31(21)27;1-2-10-18(11-3-1)27-22-15-7-4-12-19(22)25-21-14-6-9-17-24(21)28-26(25)20-13-5-8-16-23(20)27/h1-24H;1-19H;1-17H. The minimum atomic E-state index is 0.00743. The first kappa shape index (κ1) is 59.6. The van der Waals surface area contributed by atoms with E-state index in [-0.39, 0.29) is 20.1 Å². The molecule has 5 aromatic heterocycles. The van der Waals surface area contributed by atoms with E-state index in [2.05, 4.69) is 344 Å². The van der Waals surface area contributed by atoms with Gasteiger partial charge in [0.05, 0.1) is 11.0 Å². The lowest BCUT2D eigenvalue weighted by Crippen LogP contribution is -2.52. The van der Waals surface area contributed by atoms with E-state index in [0.717, 1.165) is 77.9 Å². The monoisotopic (exact) mass is 1320 g/mol. The maximum absolute atomic E-state index is 6.58. The zero-order valence-electron chi connectivity index (χ0n) is 56.5. The van der Waals surface area contributed by atoms with Gasteiger partial charge in [-0.1, -0.05) is 359 Å². The molecule has 8 heteroatoms. The number of rotatable bonds is 4. The van der Waals surface area contributed by atoms with E-state index < -0.39 is 0 Å². The molecule has 15 aromatic carbocycles. The second kappa shape index (κ2) is 24.2. The zero-order valence-corrected chi connectivity index (χ0v) is 56.5. The summed E-state index contributed by atoms with van der Waals surface area (Å²) in [5.41, 5.74) is 30.4. The van der Waals surface area contributed by atoms with Gasteiger partial charge in [0.25, 0.3) is 0 Å². The third kappa shape index (κ3) is 9.31. The smallest absolute Gasteiger partial charge is 0.247 e. The van der Waals surface area contributed by atoms with Crippen LogP contribution >= 0.6 is 0 Å². The first-order valence-corrected chi connectivity index (χ1v) is 35.8. The van der Waals surface area contributed by atoms with Gasteiger partial charge in [0.2, 0.25) is 20.1 Å². The second-order valence-corrected chi connectivity index (χ2v) is 27.4. The van der Waals surface area contributed by atoms with Gasteiger partial charge in [-0.15, -0.1) is 0 Å². The molecule has 0 unspecified atom stereocenters. The normalized spacial score (nSPS) is 12.4. The van der Waals surface area contributed by atoms with Gasteiger partial charge < -0.3 is 22.2 Å². The van der Waals surface area contributed by atoms with Crippen molar-refractivity contribution in [2.75, 3.05) is 0 Å². The Morgan fingerprint density at radius 3 is 0.933 bits per heavy atom. The molecular weight excluding hydrogens is 1260 g/mol. The van der Waals surface area contributed by atoms with E-state index in [0.29, 0.717) is 0 Å². The molecule has 0 aliphatic carbocycles. The van der Waals surface area contributed by atoms with Crippen LogP contribution < -0.4 is 49.2 Å². The molecule has 0 saturated carbocycles. The van der Waals surface area contributed by atoms with E-state index >= 15 is 0 Å². The highest BCUT2D eigenvalue weighted by Crippen LogP contribution is 2.45. The van der Waals surface area contributed by atoms with E-state index in [4.69, 9.17) is 17.7 Å². The zero-order chi connectivity index (χ0) is 68.3. The first-order chi connectivity index (χ1) is 51.7. The first-order valence-electron chi connectivity index (χ1n) is 35.8. The fourth-order valence-electron chi connectivity index (χ4n) is 17.5. The molecular formula is C96H60B3NO4. The Morgan fingerprint density at radius 2 is 0.490 bits per heavy atom. The summed E-state index contributed by atoms with van der Waals surface area (Å²) in [6.07, 6.45) is 0. The van der Waals surface area contributed by atoms with Gasteiger partial charge in [-0.2, -0.15) is 0 Å². The molecule has 3 aliphatic rings. The molecule has 104 heavy (non-hydrogen) atoms. The Kier molecular flexibility index (Phi) is 13.9. The maximum atomic E-state index is 6.58. The van der Waals surface area contributed by atoms with Crippen molar-refractivity contribution in [2.45, 2.75) is 0 Å². The molecule has 0 saturated heterocycles. The van der Waals surface area contributed by atoms with Crippen molar-refractivity contribution in [1.82, 2.24) is 4.57 Å². The van der Waals surface area contributed by atoms with Crippen LogP contribution in [0.1, 0.15) is 0 Å². The molecule has 0 fully saturated rings. The number of hydrogen-bond acceptors (Lipinski definition) is 4. The van der Waals surface area contributed by atoms with Crippen LogP contribution in [0.4, 0.5) is 0 Å². The fraction of sp³-hybridized carbons (Fsp3) is 0. The van der Waals surface area contributed by atoms with Gasteiger partial charge in [-0.25, -0.2) is 0 Å². The van der Waals surface area contributed by atoms with Gasteiger partial charge in [0, 0.05) is 76.8 Å². The molecule has 23 rings (SSSR count). The van der Waals surface area contributed by atoms with Crippen molar-refractivity contribution in [3.05, 3.63) is 364 Å². The van der Waals surface area contributed by atoms with Crippen molar-refractivity contribution >= 4 is 146 Å². The summed E-state index contributed by atoms with van der Waals surface area (Å²) in [5.74, 6) is 2.87. The Balaban J connectivity index is 0.000000103. The van der Waals surface area contributed by atoms with Crippen LogP contribution in [-0.2, 0) is 0 Å². The number of para-hydroxylation sites is 7. The molecule has 0 spiro atoms. The lowest BCUT2D eigenvalue weighted by atomic mass is 9.35. The molecule has 0 amide bonds. The SMILES string of the molecule is c1ccc(B2c3ccccc3-c3oc4ccccc4c3-c3ccccc32)cc1.c1ccc2c(c1)B(c1ccc(-n3c4ccccc4c4ccccc43)cc1)c1ccccc1-c1c-2oc2ccccc12.c1ccc2c(c1)B(c1cccc3c1oc1ccccc13)c1ccccc1-c1c-2oc2ccccc12. The van der Waals surface area contributed by atoms with Crippen LogP contribution in [0.3, 0.4) is 0 Å². The molecule has 0 bridgehead atoms. The highest BCUT2D eigenvalue weighted by molar-refractivity contribution is 6.99. The Labute approximate surface area is 601 Å². The Bertz CT molecular complexity index is 6740. The van der Waals surface area contributed by atoms with Gasteiger partial charge in [-0.05, 0) is 70.7 Å². The van der Waals surface area contributed by atoms with Crippen LogP contribution in [0.5, 0.6) is 0 Å². The van der Waals surface area contributed by atoms with Crippen molar-refractivity contribution in [1.29, 1.82) is 0 Å². The van der Waals surface area contributed by atoms with Gasteiger partial charge in [0.1, 0.15) is 45.2 Å². The van der Waals surface area contributed by atoms with E-state index in [1.54, 1.807) is 0 Å². The average Bonchev–Trinajstić information content (AvgIpc) is 1.62. The largest absolute Gasteiger partial charge is 0.457 e. The number of benzene rings is 15. The van der Waals surface area contributed by atoms with Crippen molar-refractivity contribution in [2.24, 2.45) is 0 Å². The predicted molar refractivity (Wildman–Crippen MR) is 436 cm³/mol. The van der Waals surface area contributed by atoms with Crippen LogP contribution in [0, 0.1) is 0 Å². The topological polar surface area (TPSA) is 57.5 Å². The summed E-state index contributed by atoms with van der Waals surface area (Å²) < 4.78 is 28.5. The molecule has 0 radical (unpaired) electrons. The third-order valence-corrected chi connectivity index (χ3v) is 21.9. The fourth-order valence-corrected chi connectivity index (χ4v) is 17.5. The lowest BCUT2D eigenvalue weighted by molar-refractivity contribution is 0.632. The summed E-state index contributed by atoms with van der Waals surface area (Å²) in [5, 5.41) is 8.34. The summed E-state index contributed by atoms with van der Waals surface area (Å²) in [7, 11) is 0. The molecule has 0 atom stereocenters. The maximum Gasteiger partial charge on any atom is 0.247 e. The van der Waals surface area contributed by atoms with E-state index in [1.807, 2.05) is 24.3 Å². The highest BCUT2D eigenvalue weighted by atomic mass is 16.3. The predicted octanol–water partition coefficient (Wildman–Crippen LogP) is 18.8. The minimum Gasteiger partial charge on any atom is -0.457 e. The Hall–Kier alpha value is -13.3. The molecule has 20 aromatic rings. The van der Waals surface area contributed by atoms with Crippen molar-refractivity contribution in [3.63, 3.8) is 0 Å². The minimum absolute atomic E-state index is 0.00743. The summed E-state index contributed by atoms with van der Waals surface area (Å²) in [6.45, 7) is 0.263. The van der Waals surface area contributed by atoms with Crippen LogP contribution in [0.2, 0.25) is 0 Å².